The molecule has 4 heterocycles. The first kappa shape index (κ1) is 20.4. The summed E-state index contributed by atoms with van der Waals surface area (Å²) in [5.74, 6) is 0.344. The van der Waals surface area contributed by atoms with Crippen LogP contribution in [-0.4, -0.2) is 39.7 Å². The average Bonchev–Trinajstić information content (AvgIpc) is 2.83. The Kier molecular flexibility index (Phi) is 5.70. The molecule has 1 aliphatic heterocycles. The lowest BCUT2D eigenvalue weighted by Crippen LogP contribution is -2.35. The second kappa shape index (κ2) is 8.94. The van der Waals surface area contributed by atoms with Gasteiger partial charge in [0.05, 0.1) is 36.7 Å². The third kappa shape index (κ3) is 4.28. The van der Waals surface area contributed by atoms with E-state index in [1.807, 2.05) is 31.2 Å². The molecule has 162 valence electrons. The van der Waals surface area contributed by atoms with Gasteiger partial charge in [-0.3, -0.25) is 4.98 Å². The second-order valence-electron chi connectivity index (χ2n) is 7.76. The van der Waals surface area contributed by atoms with Gasteiger partial charge < -0.3 is 15.4 Å². The number of ether oxygens (including phenoxy) is 1. The monoisotopic (exact) mass is 430 g/mol. The summed E-state index contributed by atoms with van der Waals surface area (Å²) < 4.78 is 20.3. The summed E-state index contributed by atoms with van der Waals surface area (Å²) in [5.41, 5.74) is 5.31. The van der Waals surface area contributed by atoms with E-state index in [9.17, 15) is 4.39 Å². The lowest BCUT2D eigenvalue weighted by atomic mass is 10.0. The lowest BCUT2D eigenvalue weighted by Gasteiger charge is -2.23. The van der Waals surface area contributed by atoms with E-state index in [-0.39, 0.29) is 11.9 Å². The fraction of sp³-hybridized carbons (Fsp3) is 0.250. The van der Waals surface area contributed by atoms with Crippen molar-refractivity contribution in [1.82, 2.24) is 25.3 Å². The molecule has 8 heteroatoms. The molecule has 0 radical (unpaired) electrons. The molecular formula is C24H23FN6O. The van der Waals surface area contributed by atoms with Crippen molar-refractivity contribution in [2.45, 2.75) is 19.5 Å². The van der Waals surface area contributed by atoms with E-state index in [1.165, 1.54) is 0 Å². The van der Waals surface area contributed by atoms with Crippen molar-refractivity contribution in [2.24, 2.45) is 0 Å². The first-order chi connectivity index (χ1) is 15.7. The quantitative estimate of drug-likeness (QED) is 0.498. The predicted octanol–water partition coefficient (Wildman–Crippen LogP) is 3.81. The number of benzene rings is 1. The minimum atomic E-state index is -0.271. The summed E-state index contributed by atoms with van der Waals surface area (Å²) in [6.07, 6.45) is 5.14. The largest absolute Gasteiger partial charge is 0.378 e. The van der Waals surface area contributed by atoms with Crippen molar-refractivity contribution in [1.29, 1.82) is 0 Å². The van der Waals surface area contributed by atoms with Gasteiger partial charge in [-0.15, -0.1) is 0 Å². The van der Waals surface area contributed by atoms with Crippen LogP contribution in [0.5, 0.6) is 0 Å². The van der Waals surface area contributed by atoms with Crippen LogP contribution in [0.15, 0.2) is 55.0 Å². The number of hydrogen-bond donors (Lipinski definition) is 2. The van der Waals surface area contributed by atoms with Gasteiger partial charge in [-0.25, -0.2) is 19.3 Å². The molecule has 1 fully saturated rings. The molecule has 5 rings (SSSR count). The van der Waals surface area contributed by atoms with Crippen LogP contribution in [0.3, 0.4) is 0 Å². The standard InChI is InChI=1S/C24H23FN6O/c1-15-10-17(4-6-26-15)18-3-2-16(11-19(18)25)12-30-24-23-20(5-7-28-24)31-21(13-29-23)22-14-32-9-8-27-22/h2-7,10-11,13,22,27H,8-9,12,14H2,1H3,(H,28,30). The van der Waals surface area contributed by atoms with Crippen LogP contribution >= 0.6 is 0 Å². The van der Waals surface area contributed by atoms with Crippen LogP contribution < -0.4 is 10.6 Å². The Morgan fingerprint density at radius 1 is 1.12 bits per heavy atom. The van der Waals surface area contributed by atoms with Crippen molar-refractivity contribution in [3.05, 3.63) is 77.8 Å². The highest BCUT2D eigenvalue weighted by atomic mass is 19.1. The molecule has 1 unspecified atom stereocenters. The van der Waals surface area contributed by atoms with Crippen molar-refractivity contribution in [3.8, 4) is 11.1 Å². The molecular weight excluding hydrogens is 407 g/mol. The smallest absolute Gasteiger partial charge is 0.154 e. The molecule has 0 aliphatic carbocycles. The van der Waals surface area contributed by atoms with E-state index in [1.54, 1.807) is 30.7 Å². The van der Waals surface area contributed by atoms with Crippen molar-refractivity contribution < 1.29 is 9.13 Å². The normalized spacial score (nSPS) is 16.2. The third-order valence-electron chi connectivity index (χ3n) is 5.46. The van der Waals surface area contributed by atoms with Gasteiger partial charge >= 0.3 is 0 Å². The van der Waals surface area contributed by atoms with E-state index >= 15 is 0 Å². The van der Waals surface area contributed by atoms with Crippen LogP contribution in [0.1, 0.15) is 23.0 Å². The van der Waals surface area contributed by atoms with Gasteiger partial charge in [-0.1, -0.05) is 12.1 Å². The Bertz CT molecular complexity index is 1260. The zero-order valence-electron chi connectivity index (χ0n) is 17.7. The highest BCUT2D eigenvalue weighted by molar-refractivity contribution is 5.84. The summed E-state index contributed by atoms with van der Waals surface area (Å²) in [6, 6.07) is 10.8. The molecule has 0 saturated carbocycles. The SMILES string of the molecule is Cc1cc(-c2ccc(CNc3nccc4nc(C5COCCN5)cnc34)cc2F)ccn1. The average molecular weight is 430 g/mol. The number of anilines is 1. The summed E-state index contributed by atoms with van der Waals surface area (Å²) in [7, 11) is 0. The molecule has 1 atom stereocenters. The van der Waals surface area contributed by atoms with E-state index < -0.39 is 0 Å². The highest BCUT2D eigenvalue weighted by Crippen LogP contribution is 2.25. The summed E-state index contributed by atoms with van der Waals surface area (Å²) >= 11 is 0. The summed E-state index contributed by atoms with van der Waals surface area (Å²) in [6.45, 7) is 4.39. The number of halogens is 1. The number of pyridine rings is 2. The number of morpholine rings is 1. The molecule has 1 aromatic carbocycles. The van der Waals surface area contributed by atoms with E-state index in [2.05, 4.69) is 25.6 Å². The van der Waals surface area contributed by atoms with Crippen LogP contribution in [0.4, 0.5) is 10.2 Å². The maximum atomic E-state index is 14.8. The third-order valence-corrected chi connectivity index (χ3v) is 5.46. The van der Waals surface area contributed by atoms with Crippen LogP contribution in [0.25, 0.3) is 22.2 Å². The van der Waals surface area contributed by atoms with Crippen molar-refractivity contribution in [2.75, 3.05) is 25.1 Å². The molecule has 7 nitrogen and oxygen atoms in total. The molecule has 2 N–H and O–H groups in total. The van der Waals surface area contributed by atoms with Gasteiger partial charge in [0.1, 0.15) is 11.3 Å². The maximum absolute atomic E-state index is 14.8. The molecule has 0 spiro atoms. The van der Waals surface area contributed by atoms with Gasteiger partial charge in [0.15, 0.2) is 5.82 Å². The molecule has 0 bridgehead atoms. The molecule has 1 saturated heterocycles. The number of fused-ring (bicyclic) bond motifs is 1. The number of rotatable bonds is 5. The number of nitrogens with one attached hydrogen (secondary N) is 2. The van der Waals surface area contributed by atoms with E-state index in [4.69, 9.17) is 9.72 Å². The number of aromatic nitrogens is 4. The van der Waals surface area contributed by atoms with Gasteiger partial charge in [0.25, 0.3) is 0 Å². The molecule has 4 aromatic rings. The Morgan fingerprint density at radius 3 is 2.84 bits per heavy atom. The Hall–Kier alpha value is -3.49. The molecule has 1 aliphatic rings. The van der Waals surface area contributed by atoms with Gasteiger partial charge in [-0.2, -0.15) is 0 Å². The van der Waals surface area contributed by atoms with Crippen LogP contribution in [0, 0.1) is 12.7 Å². The van der Waals surface area contributed by atoms with Crippen LogP contribution in [-0.2, 0) is 11.3 Å². The molecule has 3 aromatic heterocycles. The minimum absolute atomic E-state index is 0.0379. The zero-order chi connectivity index (χ0) is 21.9. The molecule has 0 amide bonds. The Labute approximate surface area is 185 Å². The van der Waals surface area contributed by atoms with Gasteiger partial charge in [0.2, 0.25) is 0 Å². The lowest BCUT2D eigenvalue weighted by molar-refractivity contribution is 0.0756. The number of hydrogen-bond acceptors (Lipinski definition) is 7. The van der Waals surface area contributed by atoms with E-state index in [0.717, 1.165) is 34.6 Å². The zero-order valence-corrected chi connectivity index (χ0v) is 17.7. The Balaban J connectivity index is 1.34. The minimum Gasteiger partial charge on any atom is -0.378 e. The van der Waals surface area contributed by atoms with Crippen molar-refractivity contribution >= 4 is 16.9 Å². The van der Waals surface area contributed by atoms with E-state index in [0.29, 0.717) is 36.7 Å². The Morgan fingerprint density at radius 2 is 2.03 bits per heavy atom. The highest BCUT2D eigenvalue weighted by Gasteiger charge is 2.18. The number of nitrogens with zero attached hydrogens (tertiary/aromatic N) is 4. The molecule has 32 heavy (non-hydrogen) atoms. The second-order valence-corrected chi connectivity index (χ2v) is 7.76. The predicted molar refractivity (Wildman–Crippen MR) is 121 cm³/mol. The fourth-order valence-electron chi connectivity index (χ4n) is 3.81. The number of aryl methyl sites for hydroxylation is 1. The topological polar surface area (TPSA) is 84.9 Å². The van der Waals surface area contributed by atoms with Crippen molar-refractivity contribution in [3.63, 3.8) is 0 Å². The fourth-order valence-corrected chi connectivity index (χ4v) is 3.81. The van der Waals surface area contributed by atoms with Crippen LogP contribution in [0.2, 0.25) is 0 Å². The van der Waals surface area contributed by atoms with Gasteiger partial charge in [-0.05, 0) is 42.3 Å². The first-order valence-electron chi connectivity index (χ1n) is 10.6. The summed E-state index contributed by atoms with van der Waals surface area (Å²) in [4.78, 5) is 17.9. The first-order valence-corrected chi connectivity index (χ1v) is 10.6. The maximum Gasteiger partial charge on any atom is 0.154 e. The summed E-state index contributed by atoms with van der Waals surface area (Å²) in [5, 5.41) is 6.66. The van der Waals surface area contributed by atoms with Gasteiger partial charge in [0, 0.05) is 36.7 Å².